The first-order chi connectivity index (χ1) is 21.3. The van der Waals surface area contributed by atoms with Crippen LogP contribution >= 0.6 is 0 Å². The van der Waals surface area contributed by atoms with Gasteiger partial charge in [-0.25, -0.2) is 4.98 Å². The molecule has 1 heterocycles. The molecule has 0 saturated carbocycles. The summed E-state index contributed by atoms with van der Waals surface area (Å²) >= 11 is 0. The Hall–Kier alpha value is -5.73. The minimum Gasteiger partial charge on any atom is -0.435 e. The summed E-state index contributed by atoms with van der Waals surface area (Å²) in [5.74, 6) is 0.643. The van der Waals surface area contributed by atoms with E-state index in [1.54, 1.807) is 0 Å². The summed E-state index contributed by atoms with van der Waals surface area (Å²) in [4.78, 5) is 4.87. The molecule has 0 aliphatic rings. The first-order valence-electron chi connectivity index (χ1n) is 14.6. The Morgan fingerprint density at radius 1 is 0.395 bits per heavy atom. The molecular formula is C41H25NO. The molecule has 0 bridgehead atoms. The number of oxazole rings is 1. The fourth-order valence-corrected chi connectivity index (χ4v) is 6.82. The molecule has 200 valence electrons. The van der Waals surface area contributed by atoms with Crippen molar-refractivity contribution in [2.45, 2.75) is 0 Å². The second-order valence-corrected chi connectivity index (χ2v) is 11.1. The van der Waals surface area contributed by atoms with Crippen LogP contribution in [-0.2, 0) is 0 Å². The lowest BCUT2D eigenvalue weighted by Crippen LogP contribution is -1.91. The van der Waals surface area contributed by atoms with Gasteiger partial charge in [-0.15, -0.1) is 0 Å². The molecule has 0 N–H and O–H groups in total. The monoisotopic (exact) mass is 547 g/mol. The normalized spacial score (nSPS) is 11.7. The number of rotatable bonds is 3. The topological polar surface area (TPSA) is 26.0 Å². The van der Waals surface area contributed by atoms with Gasteiger partial charge in [0.1, 0.15) is 5.52 Å². The molecule has 0 atom stereocenters. The van der Waals surface area contributed by atoms with E-state index in [0.29, 0.717) is 5.89 Å². The number of hydrogen-bond donors (Lipinski definition) is 0. The van der Waals surface area contributed by atoms with E-state index < -0.39 is 0 Å². The molecule has 0 unspecified atom stereocenters. The Bertz CT molecular complexity index is 2430. The number of aromatic nitrogens is 1. The van der Waals surface area contributed by atoms with Gasteiger partial charge in [-0.05, 0) is 78.2 Å². The third-order valence-corrected chi connectivity index (χ3v) is 8.68. The van der Waals surface area contributed by atoms with E-state index in [1.165, 1.54) is 49.2 Å². The van der Waals surface area contributed by atoms with E-state index in [4.69, 9.17) is 9.40 Å². The Morgan fingerprint density at radius 3 is 1.63 bits per heavy atom. The Morgan fingerprint density at radius 2 is 0.953 bits per heavy atom. The maximum Gasteiger partial charge on any atom is 0.227 e. The second kappa shape index (κ2) is 9.40. The lowest BCUT2D eigenvalue weighted by molar-refractivity contribution is 0.623. The highest BCUT2D eigenvalue weighted by Gasteiger charge is 2.19. The van der Waals surface area contributed by atoms with E-state index in [1.807, 2.05) is 30.3 Å². The SMILES string of the molecule is c1ccc(-c2nc3ccc4ccc5c(-c6c7ccccc7c(-c7ccccc7)c7ccccc67)cccc5c4c3o2)cc1. The number of nitrogens with zero attached hydrogens (tertiary/aromatic N) is 1. The molecule has 9 aromatic rings. The third-order valence-electron chi connectivity index (χ3n) is 8.68. The van der Waals surface area contributed by atoms with Gasteiger partial charge in [0.2, 0.25) is 5.89 Å². The minimum absolute atomic E-state index is 0.643. The van der Waals surface area contributed by atoms with E-state index in [0.717, 1.165) is 32.8 Å². The predicted molar refractivity (Wildman–Crippen MR) is 180 cm³/mol. The molecule has 1 aromatic heterocycles. The molecular weight excluding hydrogens is 522 g/mol. The number of benzene rings is 8. The summed E-state index contributed by atoms with van der Waals surface area (Å²) in [5, 5.41) is 9.60. The first kappa shape index (κ1) is 23.9. The molecule has 0 spiro atoms. The molecule has 0 fully saturated rings. The highest BCUT2D eigenvalue weighted by molar-refractivity contribution is 6.26. The molecule has 2 heteroatoms. The third kappa shape index (κ3) is 3.63. The lowest BCUT2D eigenvalue weighted by atomic mass is 9.84. The summed E-state index contributed by atoms with van der Waals surface area (Å²) < 4.78 is 6.52. The van der Waals surface area contributed by atoms with Crippen LogP contribution in [0.1, 0.15) is 0 Å². The van der Waals surface area contributed by atoms with Crippen LogP contribution in [0.15, 0.2) is 156 Å². The fraction of sp³-hybridized carbons (Fsp3) is 0. The quantitative estimate of drug-likeness (QED) is 0.162. The van der Waals surface area contributed by atoms with E-state index in [-0.39, 0.29) is 0 Å². The van der Waals surface area contributed by atoms with Gasteiger partial charge in [-0.2, -0.15) is 0 Å². The van der Waals surface area contributed by atoms with Crippen molar-refractivity contribution in [2.75, 3.05) is 0 Å². The van der Waals surface area contributed by atoms with Gasteiger partial charge in [0.05, 0.1) is 0 Å². The van der Waals surface area contributed by atoms with Crippen LogP contribution in [0.2, 0.25) is 0 Å². The average Bonchev–Trinajstić information content (AvgIpc) is 3.52. The summed E-state index contributed by atoms with van der Waals surface area (Å²) in [6.45, 7) is 0. The van der Waals surface area contributed by atoms with Crippen LogP contribution in [0.5, 0.6) is 0 Å². The summed E-state index contributed by atoms with van der Waals surface area (Å²) in [6.07, 6.45) is 0. The van der Waals surface area contributed by atoms with E-state index >= 15 is 0 Å². The van der Waals surface area contributed by atoms with Crippen molar-refractivity contribution in [1.29, 1.82) is 0 Å². The zero-order valence-corrected chi connectivity index (χ0v) is 23.3. The van der Waals surface area contributed by atoms with E-state index in [2.05, 4.69) is 121 Å². The Kier molecular flexibility index (Phi) is 5.23. The van der Waals surface area contributed by atoms with Crippen molar-refractivity contribution < 1.29 is 4.42 Å². The van der Waals surface area contributed by atoms with Gasteiger partial charge in [0.25, 0.3) is 0 Å². The highest BCUT2D eigenvalue weighted by atomic mass is 16.3. The van der Waals surface area contributed by atoms with Crippen molar-refractivity contribution in [3.63, 3.8) is 0 Å². The molecule has 9 rings (SSSR count). The molecule has 43 heavy (non-hydrogen) atoms. The van der Waals surface area contributed by atoms with Crippen molar-refractivity contribution in [3.8, 4) is 33.7 Å². The van der Waals surface area contributed by atoms with Crippen molar-refractivity contribution in [2.24, 2.45) is 0 Å². The van der Waals surface area contributed by atoms with Crippen LogP contribution in [0.25, 0.3) is 87.9 Å². The highest BCUT2D eigenvalue weighted by Crippen LogP contribution is 2.46. The van der Waals surface area contributed by atoms with Gasteiger partial charge >= 0.3 is 0 Å². The van der Waals surface area contributed by atoms with Gasteiger partial charge in [0.15, 0.2) is 5.58 Å². The predicted octanol–water partition coefficient (Wildman–Crippen LogP) is 11.4. The smallest absolute Gasteiger partial charge is 0.227 e. The molecule has 0 aliphatic heterocycles. The van der Waals surface area contributed by atoms with Crippen LogP contribution < -0.4 is 0 Å². The summed E-state index contributed by atoms with van der Waals surface area (Å²) in [5.41, 5.74) is 7.65. The second-order valence-electron chi connectivity index (χ2n) is 11.1. The van der Waals surface area contributed by atoms with Gasteiger partial charge in [0, 0.05) is 10.9 Å². The van der Waals surface area contributed by atoms with Gasteiger partial charge in [-0.3, -0.25) is 0 Å². The molecule has 0 aliphatic carbocycles. The maximum atomic E-state index is 6.52. The van der Waals surface area contributed by atoms with Crippen LogP contribution in [0, 0.1) is 0 Å². The minimum atomic E-state index is 0.643. The van der Waals surface area contributed by atoms with Gasteiger partial charge < -0.3 is 4.42 Å². The Balaban J connectivity index is 1.39. The largest absolute Gasteiger partial charge is 0.435 e. The van der Waals surface area contributed by atoms with Crippen molar-refractivity contribution >= 4 is 54.2 Å². The molecule has 0 radical (unpaired) electrons. The van der Waals surface area contributed by atoms with Crippen molar-refractivity contribution in [1.82, 2.24) is 4.98 Å². The number of hydrogen-bond acceptors (Lipinski definition) is 2. The van der Waals surface area contributed by atoms with Crippen molar-refractivity contribution in [3.05, 3.63) is 152 Å². The van der Waals surface area contributed by atoms with Gasteiger partial charge in [-0.1, -0.05) is 133 Å². The van der Waals surface area contributed by atoms with Crippen LogP contribution in [-0.4, -0.2) is 4.98 Å². The summed E-state index contributed by atoms with van der Waals surface area (Å²) in [7, 11) is 0. The molecule has 8 aromatic carbocycles. The molecule has 0 amide bonds. The van der Waals surface area contributed by atoms with Crippen LogP contribution in [0.3, 0.4) is 0 Å². The lowest BCUT2D eigenvalue weighted by Gasteiger charge is -2.19. The Labute approximate surface area is 248 Å². The maximum absolute atomic E-state index is 6.52. The van der Waals surface area contributed by atoms with E-state index in [9.17, 15) is 0 Å². The first-order valence-corrected chi connectivity index (χ1v) is 14.6. The van der Waals surface area contributed by atoms with Crippen LogP contribution in [0.4, 0.5) is 0 Å². The molecule has 2 nitrogen and oxygen atoms in total. The zero-order chi connectivity index (χ0) is 28.3. The number of fused-ring (bicyclic) bond motifs is 7. The average molecular weight is 548 g/mol. The fourth-order valence-electron chi connectivity index (χ4n) is 6.82. The standard InChI is InChI=1S/C41H25NO/c1-3-12-26(13-4-1)37-32-16-7-9-18-34(32)39(35-19-10-8-17-33(35)37)31-21-11-20-30-29(31)24-22-27-23-25-36-40(38(27)30)43-41(42-36)28-14-5-2-6-15-28/h1-25H. The summed E-state index contributed by atoms with van der Waals surface area (Å²) in [6, 6.07) is 53.9. The molecule has 0 saturated heterocycles. The zero-order valence-electron chi connectivity index (χ0n) is 23.3.